The van der Waals surface area contributed by atoms with Crippen LogP contribution in [0.15, 0.2) is 35.4 Å². The fourth-order valence-electron chi connectivity index (χ4n) is 4.91. The van der Waals surface area contributed by atoms with Gasteiger partial charge >= 0.3 is 0 Å². The number of amides is 1. The van der Waals surface area contributed by atoms with E-state index in [0.29, 0.717) is 35.0 Å². The third kappa shape index (κ3) is 4.48. The Morgan fingerprint density at radius 1 is 1.26 bits per heavy atom. The second-order valence-corrected chi connectivity index (χ2v) is 9.24. The average molecular weight is 482 g/mol. The number of aromatic nitrogens is 4. The summed E-state index contributed by atoms with van der Waals surface area (Å²) in [6.07, 6.45) is 7.98. The maximum atomic E-state index is 13.1. The molecule has 0 saturated heterocycles. The Morgan fingerprint density at radius 3 is 2.83 bits per heavy atom. The van der Waals surface area contributed by atoms with Crippen molar-refractivity contribution in [3.63, 3.8) is 0 Å². The van der Waals surface area contributed by atoms with Gasteiger partial charge < -0.3 is 30.4 Å². The van der Waals surface area contributed by atoms with Crippen LogP contribution < -0.4 is 21.5 Å². The quantitative estimate of drug-likeness (QED) is 0.403. The van der Waals surface area contributed by atoms with Crippen LogP contribution in [0.4, 0.5) is 17.3 Å². The first-order valence-corrected chi connectivity index (χ1v) is 12.0. The van der Waals surface area contributed by atoms with Crippen LogP contribution >= 0.6 is 0 Å². The lowest BCUT2D eigenvalue weighted by Crippen LogP contribution is -2.40. The van der Waals surface area contributed by atoms with Gasteiger partial charge in [0.1, 0.15) is 22.9 Å². The van der Waals surface area contributed by atoms with Crippen LogP contribution in [0.1, 0.15) is 54.9 Å². The first-order valence-electron chi connectivity index (χ1n) is 12.0. The minimum absolute atomic E-state index is 0.0332. The van der Waals surface area contributed by atoms with Gasteiger partial charge in [-0.15, -0.1) is 0 Å². The third-order valence-corrected chi connectivity index (χ3v) is 7.06. The van der Waals surface area contributed by atoms with E-state index >= 15 is 0 Å². The standard InChI is InChI=1S/C24H31N7O4/c1-25-21-12-20(28-17-7-4-10-30(24(17)34)18-8-9-19(18)32)29-22-16(13-26-31(21)22)23(33)27-14-5-3-6-15(11-14)35-2/h4,7,10,12-15,18-19,25,32H,3,5-6,8-9,11H2,1-2H3,(H,27,33)(H,28,29)/t14?,15-,18+,19-/m1/s1. The van der Waals surface area contributed by atoms with E-state index in [9.17, 15) is 14.7 Å². The molecule has 0 aromatic carbocycles. The molecule has 3 aromatic rings. The summed E-state index contributed by atoms with van der Waals surface area (Å²) in [4.78, 5) is 30.8. The maximum absolute atomic E-state index is 13.1. The summed E-state index contributed by atoms with van der Waals surface area (Å²) < 4.78 is 8.60. The molecule has 0 bridgehead atoms. The lowest BCUT2D eigenvalue weighted by atomic mass is 9.89. The van der Waals surface area contributed by atoms with Crippen molar-refractivity contribution in [2.45, 2.75) is 62.8 Å². The van der Waals surface area contributed by atoms with Crippen molar-refractivity contribution in [3.05, 3.63) is 46.5 Å². The molecule has 0 spiro atoms. The number of hydrogen-bond acceptors (Lipinski definition) is 8. The summed E-state index contributed by atoms with van der Waals surface area (Å²) in [5.41, 5.74) is 0.832. The monoisotopic (exact) mass is 481 g/mol. The summed E-state index contributed by atoms with van der Waals surface area (Å²) in [5, 5.41) is 23.6. The first-order chi connectivity index (χ1) is 17.0. The SMILES string of the molecule is CNc1cc(Nc2cccn([C@H]3CC[C@H]3O)c2=O)nc2c(C(=O)NC3CCC[C@@H](OC)C3)cnn12. The molecule has 35 heavy (non-hydrogen) atoms. The van der Waals surface area contributed by atoms with Crippen LogP contribution in [0.5, 0.6) is 0 Å². The number of pyridine rings is 1. The fraction of sp³-hybridized carbons (Fsp3) is 0.500. The Bertz CT molecular complexity index is 1290. The van der Waals surface area contributed by atoms with Crippen LogP contribution in [0.2, 0.25) is 0 Å². The molecule has 0 aliphatic heterocycles. The van der Waals surface area contributed by atoms with Crippen LogP contribution in [0, 0.1) is 0 Å². The smallest absolute Gasteiger partial charge is 0.274 e. The van der Waals surface area contributed by atoms with Crippen LogP contribution in [0.25, 0.3) is 5.65 Å². The third-order valence-electron chi connectivity index (χ3n) is 7.06. The summed E-state index contributed by atoms with van der Waals surface area (Å²) >= 11 is 0. The average Bonchev–Trinajstić information content (AvgIpc) is 3.29. The van der Waals surface area contributed by atoms with E-state index in [1.165, 1.54) is 6.20 Å². The molecule has 11 heteroatoms. The number of anilines is 3. The summed E-state index contributed by atoms with van der Waals surface area (Å²) in [6.45, 7) is 0. The highest BCUT2D eigenvalue weighted by Crippen LogP contribution is 2.31. The van der Waals surface area contributed by atoms with Crippen molar-refractivity contribution < 1.29 is 14.6 Å². The summed E-state index contributed by atoms with van der Waals surface area (Å²) in [5.74, 6) is 0.770. The Hall–Kier alpha value is -3.44. The Balaban J connectivity index is 1.43. The van der Waals surface area contributed by atoms with Gasteiger partial charge in [0, 0.05) is 32.5 Å². The van der Waals surface area contributed by atoms with Gasteiger partial charge in [0.25, 0.3) is 11.5 Å². The molecule has 186 valence electrons. The molecule has 1 unspecified atom stereocenters. The number of fused-ring (bicyclic) bond motifs is 1. The second kappa shape index (κ2) is 9.67. The number of hydrogen-bond donors (Lipinski definition) is 4. The first kappa shape index (κ1) is 23.3. The van der Waals surface area contributed by atoms with E-state index in [1.54, 1.807) is 47.6 Å². The van der Waals surface area contributed by atoms with Gasteiger partial charge in [-0.05, 0) is 50.7 Å². The number of carbonyl (C=O) groups is 1. The Morgan fingerprint density at radius 2 is 2.11 bits per heavy atom. The highest BCUT2D eigenvalue weighted by Gasteiger charge is 2.31. The molecule has 11 nitrogen and oxygen atoms in total. The van der Waals surface area contributed by atoms with Gasteiger partial charge in [0.2, 0.25) is 0 Å². The minimum atomic E-state index is -0.510. The maximum Gasteiger partial charge on any atom is 0.274 e. The topological polar surface area (TPSA) is 135 Å². The second-order valence-electron chi connectivity index (χ2n) is 9.24. The molecule has 4 atom stereocenters. The predicted octanol–water partition coefficient (Wildman–Crippen LogP) is 2.06. The zero-order valence-corrected chi connectivity index (χ0v) is 19.9. The molecule has 2 saturated carbocycles. The largest absolute Gasteiger partial charge is 0.391 e. The van der Waals surface area contributed by atoms with Gasteiger partial charge in [0.15, 0.2) is 5.65 Å². The van der Waals surface area contributed by atoms with E-state index < -0.39 is 6.10 Å². The molecule has 2 aliphatic carbocycles. The highest BCUT2D eigenvalue weighted by atomic mass is 16.5. The van der Waals surface area contributed by atoms with Crippen LogP contribution in [-0.4, -0.2) is 62.6 Å². The summed E-state index contributed by atoms with van der Waals surface area (Å²) in [7, 11) is 3.45. The molecular formula is C24H31N7O4. The van der Waals surface area contributed by atoms with Crippen molar-refractivity contribution in [2.24, 2.45) is 0 Å². The number of nitrogens with zero attached hydrogens (tertiary/aromatic N) is 4. The highest BCUT2D eigenvalue weighted by molar-refractivity contribution is 6.00. The minimum Gasteiger partial charge on any atom is -0.391 e. The zero-order chi connectivity index (χ0) is 24.5. The molecule has 3 heterocycles. The van der Waals surface area contributed by atoms with Crippen LogP contribution in [0.3, 0.4) is 0 Å². The lowest BCUT2D eigenvalue weighted by Gasteiger charge is -2.34. The molecule has 2 fully saturated rings. The van der Waals surface area contributed by atoms with Crippen LogP contribution in [-0.2, 0) is 4.74 Å². The Labute approximate surface area is 202 Å². The molecule has 4 N–H and O–H groups in total. The number of carbonyl (C=O) groups excluding carboxylic acids is 1. The van der Waals surface area contributed by atoms with Gasteiger partial charge in [-0.25, -0.2) is 4.98 Å². The van der Waals surface area contributed by atoms with Crippen molar-refractivity contribution in [1.82, 2.24) is 24.5 Å². The number of methoxy groups -OCH3 is 1. The number of ether oxygens (including phenoxy) is 1. The molecule has 0 radical (unpaired) electrons. The van der Waals surface area contributed by atoms with E-state index in [2.05, 4.69) is 26.0 Å². The number of aliphatic hydroxyl groups excluding tert-OH is 1. The molecule has 5 rings (SSSR count). The van der Waals surface area contributed by atoms with E-state index in [4.69, 9.17) is 4.74 Å². The lowest BCUT2D eigenvalue weighted by molar-refractivity contribution is 0.0300. The van der Waals surface area contributed by atoms with Gasteiger partial charge in [-0.1, -0.05) is 0 Å². The molecular weight excluding hydrogens is 450 g/mol. The van der Waals surface area contributed by atoms with E-state index in [1.807, 2.05) is 0 Å². The summed E-state index contributed by atoms with van der Waals surface area (Å²) in [6, 6.07) is 4.98. The Kier molecular flexibility index (Phi) is 6.44. The zero-order valence-electron chi connectivity index (χ0n) is 19.9. The van der Waals surface area contributed by atoms with Crippen molar-refractivity contribution in [3.8, 4) is 0 Å². The molecule has 1 amide bonds. The predicted molar refractivity (Wildman–Crippen MR) is 131 cm³/mol. The molecule has 2 aliphatic rings. The fourth-order valence-corrected chi connectivity index (χ4v) is 4.91. The van der Waals surface area contributed by atoms with Crippen molar-refractivity contribution >= 4 is 28.9 Å². The van der Waals surface area contributed by atoms with Gasteiger partial charge in [0.05, 0.1) is 24.4 Å². The normalized spacial score (nSPS) is 24.1. The number of rotatable bonds is 7. The van der Waals surface area contributed by atoms with Crippen molar-refractivity contribution in [1.29, 1.82) is 0 Å². The van der Waals surface area contributed by atoms with E-state index in [0.717, 1.165) is 32.1 Å². The van der Waals surface area contributed by atoms with Crippen molar-refractivity contribution in [2.75, 3.05) is 24.8 Å². The van der Waals surface area contributed by atoms with E-state index in [-0.39, 0.29) is 29.7 Å². The number of nitrogens with one attached hydrogen (secondary N) is 3. The van der Waals surface area contributed by atoms with Gasteiger partial charge in [-0.3, -0.25) is 9.59 Å². The van der Waals surface area contributed by atoms with Gasteiger partial charge in [-0.2, -0.15) is 9.61 Å². The molecule has 3 aromatic heterocycles. The number of aliphatic hydroxyl groups is 1.